The van der Waals surface area contributed by atoms with Gasteiger partial charge in [-0.1, -0.05) is 32.9 Å². The Balaban J connectivity index is 2.01. The van der Waals surface area contributed by atoms with E-state index in [0.29, 0.717) is 0 Å². The van der Waals surface area contributed by atoms with Crippen LogP contribution in [-0.4, -0.2) is 17.8 Å². The number of nitrogens with zero attached hydrogens (tertiary/aromatic N) is 2. The van der Waals surface area contributed by atoms with E-state index in [-0.39, 0.29) is 5.41 Å². The minimum Gasteiger partial charge on any atom is -0.494 e. The van der Waals surface area contributed by atoms with Gasteiger partial charge in [0, 0.05) is 18.2 Å². The van der Waals surface area contributed by atoms with E-state index < -0.39 is 0 Å². The number of aromatic nitrogens is 1. The van der Waals surface area contributed by atoms with Crippen molar-refractivity contribution in [3.8, 4) is 5.75 Å². The summed E-state index contributed by atoms with van der Waals surface area (Å²) in [5.74, 6) is 0.778. The van der Waals surface area contributed by atoms with Crippen molar-refractivity contribution in [2.75, 3.05) is 7.11 Å². The van der Waals surface area contributed by atoms with Gasteiger partial charge in [-0.05, 0) is 28.7 Å². The Morgan fingerprint density at radius 2 is 1.95 bits per heavy atom. The first-order valence-corrected chi connectivity index (χ1v) is 7.18. The van der Waals surface area contributed by atoms with Gasteiger partial charge in [-0.15, -0.1) is 0 Å². The van der Waals surface area contributed by atoms with Gasteiger partial charge in [0.1, 0.15) is 5.75 Å². The zero-order valence-corrected chi connectivity index (χ0v) is 13.0. The number of hydrogen-bond donors (Lipinski definition) is 0. The number of methoxy groups -OCH3 is 1. The molecule has 108 valence electrons. The van der Waals surface area contributed by atoms with Gasteiger partial charge in [0.05, 0.1) is 24.7 Å². The van der Waals surface area contributed by atoms with Crippen LogP contribution in [0.1, 0.15) is 37.5 Å². The molecule has 0 fully saturated rings. The molecule has 3 heteroatoms. The summed E-state index contributed by atoms with van der Waals surface area (Å²) < 4.78 is 5.39. The van der Waals surface area contributed by atoms with Crippen molar-refractivity contribution in [2.24, 2.45) is 4.99 Å². The number of benzene rings is 1. The lowest BCUT2D eigenvalue weighted by Crippen LogP contribution is -2.10. The molecule has 1 aromatic heterocycles. The fourth-order valence-electron chi connectivity index (χ4n) is 2.59. The summed E-state index contributed by atoms with van der Waals surface area (Å²) in [4.78, 5) is 8.92. The monoisotopic (exact) mass is 280 g/mol. The summed E-state index contributed by atoms with van der Waals surface area (Å²) in [6.07, 6.45) is 4.37. The molecule has 0 N–H and O–H groups in total. The largest absolute Gasteiger partial charge is 0.494 e. The van der Waals surface area contributed by atoms with Crippen LogP contribution in [0, 0.1) is 0 Å². The molecule has 2 heterocycles. The first kappa shape index (κ1) is 13.8. The molecular weight excluding hydrogens is 260 g/mol. The van der Waals surface area contributed by atoms with Crippen LogP contribution in [0.4, 0.5) is 5.69 Å². The SMILES string of the molecule is COc1cnccc1C1=Nc2cc(C(C)(C)C)ccc2C1. The molecule has 0 amide bonds. The Hall–Kier alpha value is -2.16. The Bertz CT molecular complexity index is 711. The Labute approximate surface area is 125 Å². The third kappa shape index (κ3) is 2.56. The van der Waals surface area contributed by atoms with Gasteiger partial charge in [-0.25, -0.2) is 0 Å². The van der Waals surface area contributed by atoms with Gasteiger partial charge in [-0.2, -0.15) is 0 Å². The van der Waals surface area contributed by atoms with Gasteiger partial charge >= 0.3 is 0 Å². The minimum absolute atomic E-state index is 0.141. The molecular formula is C18H20N2O. The van der Waals surface area contributed by atoms with Gasteiger partial charge in [0.2, 0.25) is 0 Å². The molecule has 1 aliphatic heterocycles. The molecule has 3 nitrogen and oxygen atoms in total. The van der Waals surface area contributed by atoms with E-state index in [0.717, 1.165) is 29.1 Å². The highest BCUT2D eigenvalue weighted by atomic mass is 16.5. The molecule has 0 spiro atoms. The van der Waals surface area contributed by atoms with Crippen molar-refractivity contribution >= 4 is 11.4 Å². The highest BCUT2D eigenvalue weighted by molar-refractivity contribution is 6.08. The fourth-order valence-corrected chi connectivity index (χ4v) is 2.59. The summed E-state index contributed by atoms with van der Waals surface area (Å²) in [6.45, 7) is 6.67. The van der Waals surface area contributed by atoms with Crippen LogP contribution in [0.15, 0.2) is 41.7 Å². The first-order valence-electron chi connectivity index (χ1n) is 7.18. The standard InChI is InChI=1S/C18H20N2O/c1-18(2,3)13-6-5-12-9-16(20-15(12)10-13)14-7-8-19-11-17(14)21-4/h5-8,10-11H,9H2,1-4H3. The summed E-state index contributed by atoms with van der Waals surface area (Å²) >= 11 is 0. The van der Waals surface area contributed by atoms with Gasteiger partial charge in [-0.3, -0.25) is 9.98 Å². The second kappa shape index (κ2) is 4.99. The Morgan fingerprint density at radius 1 is 1.14 bits per heavy atom. The average Bonchev–Trinajstić information content (AvgIpc) is 2.89. The number of rotatable bonds is 2. The molecule has 0 atom stereocenters. The van der Waals surface area contributed by atoms with Crippen LogP contribution >= 0.6 is 0 Å². The maximum absolute atomic E-state index is 5.39. The second-order valence-corrected chi connectivity index (χ2v) is 6.40. The molecule has 0 saturated heterocycles. The van der Waals surface area contributed by atoms with E-state index in [4.69, 9.17) is 9.73 Å². The molecule has 1 aromatic carbocycles. The summed E-state index contributed by atoms with van der Waals surface area (Å²) in [6, 6.07) is 8.57. The van der Waals surface area contributed by atoms with Crippen molar-refractivity contribution in [1.82, 2.24) is 4.98 Å². The average molecular weight is 280 g/mol. The van der Waals surface area contributed by atoms with Crippen LogP contribution in [0.3, 0.4) is 0 Å². The molecule has 0 bridgehead atoms. The Kier molecular flexibility index (Phi) is 3.28. The molecule has 3 rings (SSSR count). The van der Waals surface area contributed by atoms with Crippen molar-refractivity contribution in [3.05, 3.63) is 53.3 Å². The lowest BCUT2D eigenvalue weighted by atomic mass is 9.86. The molecule has 0 saturated carbocycles. The predicted molar refractivity (Wildman–Crippen MR) is 85.8 cm³/mol. The summed E-state index contributed by atoms with van der Waals surface area (Å²) in [5, 5.41) is 0. The number of aliphatic imine (C=N–C) groups is 1. The maximum Gasteiger partial charge on any atom is 0.146 e. The van der Waals surface area contributed by atoms with Crippen LogP contribution < -0.4 is 4.74 Å². The third-order valence-electron chi connectivity index (χ3n) is 3.88. The van der Waals surface area contributed by atoms with Crippen molar-refractivity contribution in [3.63, 3.8) is 0 Å². The fraction of sp³-hybridized carbons (Fsp3) is 0.333. The second-order valence-electron chi connectivity index (χ2n) is 6.40. The van der Waals surface area contributed by atoms with Crippen molar-refractivity contribution < 1.29 is 4.74 Å². The molecule has 1 aliphatic rings. The number of hydrogen-bond acceptors (Lipinski definition) is 3. The number of ether oxygens (including phenoxy) is 1. The number of fused-ring (bicyclic) bond motifs is 1. The van der Waals surface area contributed by atoms with Crippen LogP contribution in [-0.2, 0) is 11.8 Å². The quantitative estimate of drug-likeness (QED) is 0.831. The minimum atomic E-state index is 0.141. The highest BCUT2D eigenvalue weighted by Crippen LogP contribution is 2.35. The lowest BCUT2D eigenvalue weighted by Gasteiger charge is -2.19. The zero-order valence-electron chi connectivity index (χ0n) is 13.0. The van der Waals surface area contributed by atoms with Crippen LogP contribution in [0.2, 0.25) is 0 Å². The maximum atomic E-state index is 5.39. The van der Waals surface area contributed by atoms with E-state index in [1.54, 1.807) is 19.5 Å². The van der Waals surface area contributed by atoms with Gasteiger partial charge in [0.15, 0.2) is 0 Å². The molecule has 0 unspecified atom stereocenters. The van der Waals surface area contributed by atoms with Crippen LogP contribution in [0.5, 0.6) is 5.75 Å². The smallest absolute Gasteiger partial charge is 0.146 e. The lowest BCUT2D eigenvalue weighted by molar-refractivity contribution is 0.412. The molecule has 21 heavy (non-hydrogen) atoms. The summed E-state index contributed by atoms with van der Waals surface area (Å²) in [7, 11) is 1.67. The molecule has 2 aromatic rings. The van der Waals surface area contributed by atoms with E-state index in [1.165, 1.54) is 11.1 Å². The van der Waals surface area contributed by atoms with Gasteiger partial charge < -0.3 is 4.74 Å². The van der Waals surface area contributed by atoms with Crippen molar-refractivity contribution in [2.45, 2.75) is 32.6 Å². The van der Waals surface area contributed by atoms with E-state index >= 15 is 0 Å². The first-order chi connectivity index (χ1) is 9.99. The molecule has 0 radical (unpaired) electrons. The van der Waals surface area contributed by atoms with Gasteiger partial charge in [0.25, 0.3) is 0 Å². The third-order valence-corrected chi connectivity index (χ3v) is 3.88. The van der Waals surface area contributed by atoms with Crippen LogP contribution in [0.25, 0.3) is 0 Å². The normalized spacial score (nSPS) is 13.8. The molecule has 0 aliphatic carbocycles. The van der Waals surface area contributed by atoms with E-state index in [9.17, 15) is 0 Å². The number of pyridine rings is 1. The van der Waals surface area contributed by atoms with E-state index in [2.05, 4.69) is 44.0 Å². The zero-order chi connectivity index (χ0) is 15.0. The Morgan fingerprint density at radius 3 is 2.67 bits per heavy atom. The van der Waals surface area contributed by atoms with E-state index in [1.807, 2.05) is 6.07 Å². The predicted octanol–water partition coefficient (Wildman–Crippen LogP) is 4.06. The highest BCUT2D eigenvalue weighted by Gasteiger charge is 2.21. The topological polar surface area (TPSA) is 34.5 Å². The van der Waals surface area contributed by atoms with Crippen molar-refractivity contribution in [1.29, 1.82) is 0 Å². The summed E-state index contributed by atoms with van der Waals surface area (Å²) in [5.41, 5.74) is 5.89.